The van der Waals surface area contributed by atoms with E-state index in [-0.39, 0.29) is 0 Å². The lowest BCUT2D eigenvalue weighted by atomic mass is 10.0. The largest absolute Gasteiger partial charge is 0.334 e. The Morgan fingerprint density at radius 2 is 1.84 bits per heavy atom. The molecule has 3 heteroatoms. The van der Waals surface area contributed by atoms with Gasteiger partial charge in [0.05, 0.1) is 17.4 Å². The molecule has 0 bridgehead atoms. The van der Waals surface area contributed by atoms with Gasteiger partial charge in [-0.3, -0.25) is 0 Å². The highest BCUT2D eigenvalue weighted by Gasteiger charge is 2.02. The Balaban J connectivity index is 1.91. The highest BCUT2D eigenvalue weighted by atomic mass is 15.0. The molecule has 3 aromatic rings. The summed E-state index contributed by atoms with van der Waals surface area (Å²) in [6.45, 7) is 0.590. The molecule has 0 aliphatic rings. The fourth-order valence-electron chi connectivity index (χ4n) is 2.39. The molecule has 0 amide bonds. The van der Waals surface area contributed by atoms with Crippen LogP contribution >= 0.6 is 0 Å². The molecular formula is C16H17N3. The molecule has 3 rings (SSSR count). The molecule has 0 aliphatic carbocycles. The quantitative estimate of drug-likeness (QED) is 0.777. The van der Waals surface area contributed by atoms with Gasteiger partial charge in [0.25, 0.3) is 0 Å². The van der Waals surface area contributed by atoms with Crippen molar-refractivity contribution >= 4 is 11.0 Å². The minimum Gasteiger partial charge on any atom is -0.334 e. The van der Waals surface area contributed by atoms with Crippen molar-refractivity contribution in [1.82, 2.24) is 9.55 Å². The first-order chi connectivity index (χ1) is 9.26. The molecule has 0 radical (unpaired) electrons. The summed E-state index contributed by atoms with van der Waals surface area (Å²) in [5.74, 6) is 0. The van der Waals surface area contributed by atoms with Crippen LogP contribution in [0.15, 0.2) is 48.8 Å². The van der Waals surface area contributed by atoms with Crippen LogP contribution in [0.3, 0.4) is 0 Å². The molecule has 3 nitrogen and oxygen atoms in total. The zero-order chi connectivity index (χ0) is 13.2. The molecular weight excluding hydrogens is 234 g/mol. The standard InChI is InChI=1S/C16H17N3/c1-19-11-18-15-9-13(5-6-16(15)19)7-12-3-2-4-14(8-12)10-17/h2-6,8-9,11H,7,10,17H2,1H3. The molecule has 0 unspecified atom stereocenters. The van der Waals surface area contributed by atoms with Crippen LogP contribution in [-0.2, 0) is 20.0 Å². The first-order valence-electron chi connectivity index (χ1n) is 6.44. The molecule has 1 heterocycles. The van der Waals surface area contributed by atoms with Crippen LogP contribution < -0.4 is 5.73 Å². The number of nitrogens with zero attached hydrogens (tertiary/aromatic N) is 2. The number of benzene rings is 2. The van der Waals surface area contributed by atoms with Gasteiger partial charge in [0.15, 0.2) is 0 Å². The summed E-state index contributed by atoms with van der Waals surface area (Å²) in [7, 11) is 2.01. The van der Waals surface area contributed by atoms with Gasteiger partial charge in [0.1, 0.15) is 0 Å². The van der Waals surface area contributed by atoms with Crippen LogP contribution in [0, 0.1) is 0 Å². The van der Waals surface area contributed by atoms with Crippen molar-refractivity contribution in [3.05, 3.63) is 65.5 Å². The van der Waals surface area contributed by atoms with Gasteiger partial charge in [-0.25, -0.2) is 4.98 Å². The maximum atomic E-state index is 5.68. The van der Waals surface area contributed by atoms with E-state index >= 15 is 0 Å². The molecule has 0 fully saturated rings. The summed E-state index contributed by atoms with van der Waals surface area (Å²) in [5.41, 5.74) is 11.6. The lowest BCUT2D eigenvalue weighted by Crippen LogP contribution is -1.97. The predicted molar refractivity (Wildman–Crippen MR) is 77.9 cm³/mol. The Labute approximate surface area is 112 Å². The van der Waals surface area contributed by atoms with Gasteiger partial charge in [-0.1, -0.05) is 30.3 Å². The van der Waals surface area contributed by atoms with Gasteiger partial charge in [-0.15, -0.1) is 0 Å². The number of fused-ring (bicyclic) bond motifs is 1. The number of aryl methyl sites for hydroxylation is 1. The monoisotopic (exact) mass is 251 g/mol. The van der Waals surface area contributed by atoms with E-state index in [0.29, 0.717) is 6.54 Å². The SMILES string of the molecule is Cn1cnc2cc(Cc3cccc(CN)c3)ccc21. The predicted octanol–water partition coefficient (Wildman–Crippen LogP) is 2.62. The summed E-state index contributed by atoms with van der Waals surface area (Å²) >= 11 is 0. The van der Waals surface area contributed by atoms with Crippen molar-refractivity contribution in [3.63, 3.8) is 0 Å². The first kappa shape index (κ1) is 11.9. The van der Waals surface area contributed by atoms with Crippen molar-refractivity contribution in [2.75, 3.05) is 0 Å². The van der Waals surface area contributed by atoms with Gasteiger partial charge in [-0.2, -0.15) is 0 Å². The van der Waals surface area contributed by atoms with Crippen LogP contribution in [-0.4, -0.2) is 9.55 Å². The van der Waals surface area contributed by atoms with Crippen molar-refractivity contribution in [2.24, 2.45) is 12.8 Å². The smallest absolute Gasteiger partial charge is 0.0955 e. The summed E-state index contributed by atoms with van der Waals surface area (Å²) in [6, 6.07) is 14.9. The molecule has 2 N–H and O–H groups in total. The second-order valence-electron chi connectivity index (χ2n) is 4.88. The normalized spacial score (nSPS) is 11.1. The van der Waals surface area contributed by atoms with Crippen LogP contribution in [0.25, 0.3) is 11.0 Å². The molecule has 1 aromatic heterocycles. The van der Waals surface area contributed by atoms with Crippen LogP contribution in [0.5, 0.6) is 0 Å². The zero-order valence-electron chi connectivity index (χ0n) is 11.0. The molecule has 96 valence electrons. The van der Waals surface area contributed by atoms with E-state index in [1.807, 2.05) is 17.9 Å². The maximum Gasteiger partial charge on any atom is 0.0955 e. The van der Waals surface area contributed by atoms with Gasteiger partial charge in [-0.05, 0) is 35.2 Å². The van der Waals surface area contributed by atoms with Gasteiger partial charge in [0, 0.05) is 13.6 Å². The third-order valence-corrected chi connectivity index (χ3v) is 3.43. The van der Waals surface area contributed by atoms with E-state index < -0.39 is 0 Å². The van der Waals surface area contributed by atoms with E-state index in [0.717, 1.165) is 11.9 Å². The number of hydrogen-bond donors (Lipinski definition) is 1. The fraction of sp³-hybridized carbons (Fsp3) is 0.188. The van der Waals surface area contributed by atoms with Crippen molar-refractivity contribution in [2.45, 2.75) is 13.0 Å². The Morgan fingerprint density at radius 1 is 1.05 bits per heavy atom. The van der Waals surface area contributed by atoms with Crippen molar-refractivity contribution in [3.8, 4) is 0 Å². The number of imidazole rings is 1. The maximum absolute atomic E-state index is 5.68. The van der Waals surface area contributed by atoms with E-state index in [9.17, 15) is 0 Å². The highest BCUT2D eigenvalue weighted by Crippen LogP contribution is 2.17. The molecule has 2 aromatic carbocycles. The van der Waals surface area contributed by atoms with E-state index in [2.05, 4.69) is 47.4 Å². The minimum atomic E-state index is 0.590. The summed E-state index contributed by atoms with van der Waals surface area (Å²) in [4.78, 5) is 4.40. The third kappa shape index (κ3) is 2.37. The average Bonchev–Trinajstić information content (AvgIpc) is 2.80. The van der Waals surface area contributed by atoms with E-state index in [1.165, 1.54) is 22.2 Å². The van der Waals surface area contributed by atoms with Crippen LogP contribution in [0.4, 0.5) is 0 Å². The van der Waals surface area contributed by atoms with Crippen molar-refractivity contribution < 1.29 is 0 Å². The Hall–Kier alpha value is -2.13. The second-order valence-corrected chi connectivity index (χ2v) is 4.88. The van der Waals surface area contributed by atoms with E-state index in [4.69, 9.17) is 5.73 Å². The minimum absolute atomic E-state index is 0.590. The molecule has 0 saturated carbocycles. The molecule has 19 heavy (non-hydrogen) atoms. The van der Waals surface area contributed by atoms with Crippen LogP contribution in [0.1, 0.15) is 16.7 Å². The Morgan fingerprint density at radius 3 is 2.68 bits per heavy atom. The highest BCUT2D eigenvalue weighted by molar-refractivity contribution is 5.76. The Bertz CT molecular complexity index is 713. The first-order valence-corrected chi connectivity index (χ1v) is 6.44. The van der Waals surface area contributed by atoms with Gasteiger partial charge < -0.3 is 10.3 Å². The number of hydrogen-bond acceptors (Lipinski definition) is 2. The lowest BCUT2D eigenvalue weighted by Gasteiger charge is -2.05. The topological polar surface area (TPSA) is 43.8 Å². The number of aromatic nitrogens is 2. The third-order valence-electron chi connectivity index (χ3n) is 3.43. The number of nitrogens with two attached hydrogens (primary N) is 1. The van der Waals surface area contributed by atoms with Gasteiger partial charge >= 0.3 is 0 Å². The number of rotatable bonds is 3. The van der Waals surface area contributed by atoms with Crippen molar-refractivity contribution in [1.29, 1.82) is 0 Å². The molecule has 0 spiro atoms. The summed E-state index contributed by atoms with van der Waals surface area (Å²) < 4.78 is 2.04. The van der Waals surface area contributed by atoms with E-state index in [1.54, 1.807) is 0 Å². The van der Waals surface area contributed by atoms with Gasteiger partial charge in [0.2, 0.25) is 0 Å². The fourth-order valence-corrected chi connectivity index (χ4v) is 2.39. The van der Waals surface area contributed by atoms with Crippen LogP contribution in [0.2, 0.25) is 0 Å². The Kier molecular flexibility index (Phi) is 3.05. The average molecular weight is 251 g/mol. The lowest BCUT2D eigenvalue weighted by molar-refractivity contribution is 0.947. The molecule has 0 aliphatic heterocycles. The zero-order valence-corrected chi connectivity index (χ0v) is 11.0. The molecule has 0 atom stereocenters. The summed E-state index contributed by atoms with van der Waals surface area (Å²) in [5, 5.41) is 0. The molecule has 0 saturated heterocycles. The summed E-state index contributed by atoms with van der Waals surface area (Å²) in [6.07, 6.45) is 2.77. The second kappa shape index (κ2) is 4.86.